The molecule has 1 fully saturated rings. The predicted molar refractivity (Wildman–Crippen MR) is 67.7 cm³/mol. The molecule has 1 unspecified atom stereocenters. The fourth-order valence-corrected chi connectivity index (χ4v) is 2.27. The first-order valence-electron chi connectivity index (χ1n) is 6.34. The van der Waals surface area contributed by atoms with Crippen molar-refractivity contribution in [2.45, 2.75) is 52.1 Å². The highest BCUT2D eigenvalue weighted by Gasteiger charge is 2.33. The summed E-state index contributed by atoms with van der Waals surface area (Å²) in [6.07, 6.45) is 4.13. The molecule has 1 aromatic heterocycles. The third kappa shape index (κ3) is 2.27. The van der Waals surface area contributed by atoms with Crippen LogP contribution in [0.4, 0.5) is 5.82 Å². The van der Waals surface area contributed by atoms with E-state index in [1.165, 1.54) is 0 Å². The Kier molecular flexibility index (Phi) is 3.33. The monoisotopic (exact) mass is 235 g/mol. The van der Waals surface area contributed by atoms with Gasteiger partial charge in [0, 0.05) is 17.9 Å². The molecule has 0 amide bonds. The maximum absolute atomic E-state index is 5.96. The Hall–Kier alpha value is -1.16. The first-order valence-corrected chi connectivity index (χ1v) is 6.34. The van der Waals surface area contributed by atoms with E-state index in [2.05, 4.69) is 23.8 Å². The summed E-state index contributed by atoms with van der Waals surface area (Å²) in [4.78, 5) is 9.05. The van der Waals surface area contributed by atoms with Crippen LogP contribution in [-0.4, -0.2) is 16.6 Å². The molecule has 0 aliphatic carbocycles. The zero-order valence-corrected chi connectivity index (χ0v) is 10.9. The number of hydrogen-bond donors (Lipinski definition) is 1. The Morgan fingerprint density at radius 2 is 2.12 bits per heavy atom. The maximum atomic E-state index is 5.96. The third-order valence-corrected chi connectivity index (χ3v) is 3.56. The molecule has 0 radical (unpaired) electrons. The van der Waals surface area contributed by atoms with Crippen molar-refractivity contribution in [1.82, 2.24) is 9.97 Å². The van der Waals surface area contributed by atoms with E-state index in [1.807, 2.05) is 6.92 Å². The van der Waals surface area contributed by atoms with Gasteiger partial charge in [-0.2, -0.15) is 0 Å². The minimum atomic E-state index is -0.357. The Labute approximate surface area is 103 Å². The Morgan fingerprint density at radius 1 is 1.35 bits per heavy atom. The van der Waals surface area contributed by atoms with Gasteiger partial charge >= 0.3 is 0 Å². The van der Waals surface area contributed by atoms with Crippen LogP contribution in [0.15, 0.2) is 0 Å². The molecule has 2 N–H and O–H groups in total. The summed E-state index contributed by atoms with van der Waals surface area (Å²) in [6, 6.07) is 0. The van der Waals surface area contributed by atoms with Crippen LogP contribution in [-0.2, 0) is 16.8 Å². The molecule has 1 aromatic rings. The number of rotatable bonds is 2. The molecule has 2 heterocycles. The number of ether oxygens (including phenoxy) is 1. The highest BCUT2D eigenvalue weighted by Crippen LogP contribution is 2.33. The molecule has 0 saturated carbocycles. The van der Waals surface area contributed by atoms with Gasteiger partial charge in [-0.1, -0.05) is 6.92 Å². The average Bonchev–Trinajstić information content (AvgIpc) is 2.33. The fraction of sp³-hybridized carbons (Fsp3) is 0.692. The molecule has 1 aliphatic rings. The zero-order valence-electron chi connectivity index (χ0n) is 10.9. The smallest absolute Gasteiger partial charge is 0.162 e. The Morgan fingerprint density at radius 3 is 2.71 bits per heavy atom. The second-order valence-electron chi connectivity index (χ2n) is 4.89. The van der Waals surface area contributed by atoms with E-state index < -0.39 is 0 Å². The van der Waals surface area contributed by atoms with E-state index in [0.717, 1.165) is 49.4 Å². The van der Waals surface area contributed by atoms with Gasteiger partial charge in [0.2, 0.25) is 0 Å². The van der Waals surface area contributed by atoms with Gasteiger partial charge in [0.1, 0.15) is 11.4 Å². The largest absolute Gasteiger partial charge is 0.383 e. The van der Waals surface area contributed by atoms with Crippen molar-refractivity contribution in [3.63, 3.8) is 0 Å². The van der Waals surface area contributed by atoms with Crippen LogP contribution in [0.2, 0.25) is 0 Å². The van der Waals surface area contributed by atoms with E-state index in [0.29, 0.717) is 5.82 Å². The molecule has 2 rings (SSSR count). The number of hydrogen-bond acceptors (Lipinski definition) is 4. The van der Waals surface area contributed by atoms with Gasteiger partial charge in [-0.25, -0.2) is 9.97 Å². The highest BCUT2D eigenvalue weighted by atomic mass is 16.5. The van der Waals surface area contributed by atoms with Crippen LogP contribution in [0.5, 0.6) is 0 Å². The SMILES string of the molecule is CCc1nc(C2(C)CCCCO2)nc(N)c1C. The van der Waals surface area contributed by atoms with Crippen LogP contribution in [0.3, 0.4) is 0 Å². The van der Waals surface area contributed by atoms with Gasteiger partial charge in [0.05, 0.1) is 0 Å². The number of nitrogen functional groups attached to an aromatic ring is 1. The Bertz CT molecular complexity index is 411. The van der Waals surface area contributed by atoms with E-state index in [9.17, 15) is 0 Å². The quantitative estimate of drug-likeness (QED) is 0.854. The summed E-state index contributed by atoms with van der Waals surface area (Å²) in [5, 5.41) is 0. The summed E-state index contributed by atoms with van der Waals surface area (Å²) < 4.78 is 5.87. The fourth-order valence-electron chi connectivity index (χ4n) is 2.27. The van der Waals surface area contributed by atoms with Crippen molar-refractivity contribution in [3.8, 4) is 0 Å². The number of nitrogens with two attached hydrogens (primary N) is 1. The van der Waals surface area contributed by atoms with Crippen molar-refractivity contribution in [1.29, 1.82) is 0 Å². The molecule has 0 spiro atoms. The van der Waals surface area contributed by atoms with Crippen LogP contribution in [0, 0.1) is 6.92 Å². The van der Waals surface area contributed by atoms with Crippen LogP contribution in [0.25, 0.3) is 0 Å². The normalized spacial score (nSPS) is 24.9. The van der Waals surface area contributed by atoms with Gasteiger partial charge in [-0.3, -0.25) is 0 Å². The second-order valence-corrected chi connectivity index (χ2v) is 4.89. The molecule has 1 aliphatic heterocycles. The summed E-state index contributed by atoms with van der Waals surface area (Å²) >= 11 is 0. The Balaban J connectivity index is 2.41. The van der Waals surface area contributed by atoms with Crippen molar-refractivity contribution in [2.24, 2.45) is 0 Å². The molecule has 17 heavy (non-hydrogen) atoms. The van der Waals surface area contributed by atoms with Crippen molar-refractivity contribution in [2.75, 3.05) is 12.3 Å². The van der Waals surface area contributed by atoms with Crippen molar-refractivity contribution in [3.05, 3.63) is 17.1 Å². The van der Waals surface area contributed by atoms with Crippen molar-refractivity contribution < 1.29 is 4.74 Å². The van der Waals surface area contributed by atoms with Crippen LogP contribution >= 0.6 is 0 Å². The second kappa shape index (κ2) is 4.61. The van der Waals surface area contributed by atoms with E-state index in [-0.39, 0.29) is 5.60 Å². The predicted octanol–water partition coefficient (Wildman–Crippen LogP) is 2.35. The van der Waals surface area contributed by atoms with Crippen LogP contribution in [0.1, 0.15) is 50.2 Å². The zero-order chi connectivity index (χ0) is 12.5. The van der Waals surface area contributed by atoms with Crippen molar-refractivity contribution >= 4 is 5.82 Å². The number of nitrogens with zero attached hydrogens (tertiary/aromatic N) is 2. The molecule has 1 saturated heterocycles. The minimum Gasteiger partial charge on any atom is -0.383 e. The summed E-state index contributed by atoms with van der Waals surface area (Å²) in [6.45, 7) is 6.91. The average molecular weight is 235 g/mol. The first-order chi connectivity index (χ1) is 8.07. The molecule has 0 bridgehead atoms. The van der Waals surface area contributed by atoms with E-state index in [4.69, 9.17) is 10.5 Å². The molecule has 94 valence electrons. The van der Waals surface area contributed by atoms with Gasteiger partial charge in [0.25, 0.3) is 0 Å². The summed E-state index contributed by atoms with van der Waals surface area (Å²) in [5.41, 5.74) is 7.63. The summed E-state index contributed by atoms with van der Waals surface area (Å²) in [5.74, 6) is 1.33. The number of aryl methyl sites for hydroxylation is 1. The van der Waals surface area contributed by atoms with Gasteiger partial charge in [0.15, 0.2) is 5.82 Å². The lowest BCUT2D eigenvalue weighted by Gasteiger charge is -2.32. The topological polar surface area (TPSA) is 61.0 Å². The molecule has 0 aromatic carbocycles. The van der Waals surface area contributed by atoms with Gasteiger partial charge in [-0.05, 0) is 39.5 Å². The minimum absolute atomic E-state index is 0.357. The van der Waals surface area contributed by atoms with Gasteiger partial charge in [-0.15, -0.1) is 0 Å². The molecule has 4 heteroatoms. The first kappa shape index (κ1) is 12.3. The van der Waals surface area contributed by atoms with Gasteiger partial charge < -0.3 is 10.5 Å². The molecule has 1 atom stereocenters. The lowest BCUT2D eigenvalue weighted by molar-refractivity contribution is -0.0760. The lowest BCUT2D eigenvalue weighted by Crippen LogP contribution is -2.33. The highest BCUT2D eigenvalue weighted by molar-refractivity contribution is 5.41. The van der Waals surface area contributed by atoms with Crippen LogP contribution < -0.4 is 5.73 Å². The van der Waals surface area contributed by atoms with E-state index in [1.54, 1.807) is 0 Å². The summed E-state index contributed by atoms with van der Waals surface area (Å²) in [7, 11) is 0. The maximum Gasteiger partial charge on any atom is 0.162 e. The standard InChI is InChI=1S/C13H21N3O/c1-4-10-9(2)11(14)16-12(15-10)13(3)7-5-6-8-17-13/h4-8H2,1-3H3,(H2,14,15,16). The molecular formula is C13H21N3O. The molecular weight excluding hydrogens is 214 g/mol. The number of anilines is 1. The lowest BCUT2D eigenvalue weighted by atomic mass is 9.94. The number of aromatic nitrogens is 2. The molecule has 4 nitrogen and oxygen atoms in total. The van der Waals surface area contributed by atoms with E-state index >= 15 is 0 Å². The third-order valence-electron chi connectivity index (χ3n) is 3.56.